The molecule has 7 nitrogen and oxygen atoms in total. The maximum atomic E-state index is 13.0. The molecule has 1 fully saturated rings. The highest BCUT2D eigenvalue weighted by molar-refractivity contribution is 8.00. The van der Waals surface area contributed by atoms with Crippen molar-refractivity contribution in [2.75, 3.05) is 17.6 Å². The molecule has 2 aromatic heterocycles. The van der Waals surface area contributed by atoms with Gasteiger partial charge in [-0.3, -0.25) is 19.3 Å². The third-order valence-corrected chi connectivity index (χ3v) is 6.19. The molecule has 3 aromatic rings. The highest BCUT2D eigenvalue weighted by atomic mass is 32.2. The van der Waals surface area contributed by atoms with Gasteiger partial charge in [-0.15, -0.1) is 11.8 Å². The van der Waals surface area contributed by atoms with Gasteiger partial charge in [0.05, 0.1) is 29.4 Å². The molecule has 3 heterocycles. The lowest BCUT2D eigenvalue weighted by Crippen LogP contribution is -2.40. The van der Waals surface area contributed by atoms with Gasteiger partial charge in [-0.05, 0) is 43.5 Å². The quantitative estimate of drug-likeness (QED) is 0.572. The van der Waals surface area contributed by atoms with Crippen LogP contribution >= 0.6 is 11.8 Å². The summed E-state index contributed by atoms with van der Waals surface area (Å²) in [5.74, 6) is 0.218. The summed E-state index contributed by atoms with van der Waals surface area (Å²) in [7, 11) is 0. The highest BCUT2D eigenvalue weighted by Crippen LogP contribution is 2.29. The van der Waals surface area contributed by atoms with Gasteiger partial charge in [0.15, 0.2) is 0 Å². The SMILES string of the molecule is O=C(CSc1ccccc1)Nc1cnn(CC(=O)N2CCCC[C@@H]2c2ccccn2)c1. The lowest BCUT2D eigenvalue weighted by Gasteiger charge is -2.35. The van der Waals surface area contributed by atoms with Crippen molar-refractivity contribution in [2.24, 2.45) is 0 Å². The van der Waals surface area contributed by atoms with Crippen LogP contribution in [0.25, 0.3) is 0 Å². The molecule has 1 aliphatic heterocycles. The van der Waals surface area contributed by atoms with Gasteiger partial charge in [-0.2, -0.15) is 5.10 Å². The fourth-order valence-corrected chi connectivity index (χ4v) is 4.44. The van der Waals surface area contributed by atoms with Gasteiger partial charge < -0.3 is 10.2 Å². The van der Waals surface area contributed by atoms with Crippen molar-refractivity contribution in [2.45, 2.75) is 36.7 Å². The molecule has 0 radical (unpaired) electrons. The van der Waals surface area contributed by atoms with E-state index < -0.39 is 0 Å². The standard InChI is InChI=1S/C23H25N5O2S/c29-22(17-31-19-8-2-1-3-9-19)26-18-14-25-27(15-18)16-23(30)28-13-7-5-11-21(28)20-10-4-6-12-24-20/h1-4,6,8-10,12,14-15,21H,5,7,11,13,16-17H2,(H,26,29)/t21-/m1/s1. The van der Waals surface area contributed by atoms with Gasteiger partial charge in [0.1, 0.15) is 6.54 Å². The third kappa shape index (κ3) is 5.73. The molecule has 160 valence electrons. The van der Waals surface area contributed by atoms with Crippen LogP contribution in [0.5, 0.6) is 0 Å². The number of aromatic nitrogens is 3. The Morgan fingerprint density at radius 1 is 1.10 bits per heavy atom. The van der Waals surface area contributed by atoms with E-state index in [-0.39, 0.29) is 24.4 Å². The predicted molar refractivity (Wildman–Crippen MR) is 121 cm³/mol. The summed E-state index contributed by atoms with van der Waals surface area (Å²) in [6, 6.07) is 15.6. The van der Waals surface area contributed by atoms with Crippen molar-refractivity contribution in [1.82, 2.24) is 19.7 Å². The van der Waals surface area contributed by atoms with Gasteiger partial charge in [0.25, 0.3) is 0 Å². The number of carbonyl (C=O) groups excluding carboxylic acids is 2. The number of carbonyl (C=O) groups is 2. The van der Waals surface area contributed by atoms with E-state index in [4.69, 9.17) is 0 Å². The van der Waals surface area contributed by atoms with E-state index in [1.165, 1.54) is 11.8 Å². The van der Waals surface area contributed by atoms with Crippen molar-refractivity contribution in [3.8, 4) is 0 Å². The minimum Gasteiger partial charge on any atom is -0.332 e. The Morgan fingerprint density at radius 3 is 2.74 bits per heavy atom. The van der Waals surface area contributed by atoms with Crippen LogP contribution < -0.4 is 5.32 Å². The zero-order chi connectivity index (χ0) is 21.5. The summed E-state index contributed by atoms with van der Waals surface area (Å²) in [5, 5.41) is 7.09. The summed E-state index contributed by atoms with van der Waals surface area (Å²) in [6.07, 6.45) is 8.04. The summed E-state index contributed by atoms with van der Waals surface area (Å²) < 4.78 is 1.58. The number of piperidine rings is 1. The zero-order valence-electron chi connectivity index (χ0n) is 17.2. The van der Waals surface area contributed by atoms with Gasteiger partial charge in [-0.25, -0.2) is 0 Å². The molecule has 0 bridgehead atoms. The Labute approximate surface area is 185 Å². The second-order valence-electron chi connectivity index (χ2n) is 7.43. The average Bonchev–Trinajstić information content (AvgIpc) is 3.25. The van der Waals surface area contributed by atoms with Gasteiger partial charge in [-0.1, -0.05) is 24.3 Å². The van der Waals surface area contributed by atoms with Crippen LogP contribution in [0.2, 0.25) is 0 Å². The molecule has 1 aliphatic rings. The summed E-state index contributed by atoms with van der Waals surface area (Å²) in [4.78, 5) is 32.6. The summed E-state index contributed by atoms with van der Waals surface area (Å²) >= 11 is 1.48. The van der Waals surface area contributed by atoms with E-state index in [0.29, 0.717) is 11.4 Å². The van der Waals surface area contributed by atoms with E-state index in [1.807, 2.05) is 53.4 Å². The van der Waals surface area contributed by atoms with Crippen LogP contribution in [-0.4, -0.2) is 43.8 Å². The molecule has 0 aliphatic carbocycles. The average molecular weight is 436 g/mol. The maximum Gasteiger partial charge on any atom is 0.244 e. The lowest BCUT2D eigenvalue weighted by molar-refractivity contribution is -0.136. The normalized spacial score (nSPS) is 16.1. The Morgan fingerprint density at radius 2 is 1.94 bits per heavy atom. The zero-order valence-corrected chi connectivity index (χ0v) is 18.0. The topological polar surface area (TPSA) is 80.1 Å². The van der Waals surface area contributed by atoms with Crippen molar-refractivity contribution in [3.63, 3.8) is 0 Å². The number of nitrogens with one attached hydrogen (secondary N) is 1. The van der Waals surface area contributed by atoms with Crippen LogP contribution in [0, 0.1) is 0 Å². The monoisotopic (exact) mass is 435 g/mol. The fraction of sp³-hybridized carbons (Fsp3) is 0.304. The number of amides is 2. The molecular weight excluding hydrogens is 410 g/mol. The Balaban J connectivity index is 1.32. The molecule has 1 aromatic carbocycles. The van der Waals surface area contributed by atoms with E-state index >= 15 is 0 Å². The number of pyridine rings is 1. The van der Waals surface area contributed by atoms with E-state index in [1.54, 1.807) is 23.3 Å². The number of hydrogen-bond acceptors (Lipinski definition) is 5. The minimum atomic E-state index is -0.106. The first-order valence-corrected chi connectivity index (χ1v) is 11.4. The first-order valence-electron chi connectivity index (χ1n) is 10.4. The van der Waals surface area contributed by atoms with Crippen LogP contribution in [0.3, 0.4) is 0 Å². The Hall–Kier alpha value is -3.13. The van der Waals surface area contributed by atoms with Gasteiger partial charge in [0, 0.05) is 23.8 Å². The van der Waals surface area contributed by atoms with E-state index in [9.17, 15) is 9.59 Å². The van der Waals surface area contributed by atoms with Crippen LogP contribution in [0.15, 0.2) is 72.0 Å². The Bertz CT molecular complexity index is 1010. The smallest absolute Gasteiger partial charge is 0.244 e. The molecule has 1 atom stereocenters. The molecule has 0 unspecified atom stereocenters. The van der Waals surface area contributed by atoms with Crippen molar-refractivity contribution < 1.29 is 9.59 Å². The highest BCUT2D eigenvalue weighted by Gasteiger charge is 2.28. The predicted octanol–water partition coefficient (Wildman–Crippen LogP) is 3.76. The molecule has 1 N–H and O–H groups in total. The molecule has 1 saturated heterocycles. The number of nitrogens with zero attached hydrogens (tertiary/aromatic N) is 4. The van der Waals surface area contributed by atoms with Gasteiger partial charge >= 0.3 is 0 Å². The number of hydrogen-bond donors (Lipinski definition) is 1. The second-order valence-corrected chi connectivity index (χ2v) is 8.48. The van der Waals surface area contributed by atoms with Gasteiger partial charge in [0.2, 0.25) is 11.8 Å². The minimum absolute atomic E-state index is 0.00666. The van der Waals surface area contributed by atoms with Crippen LogP contribution in [0.1, 0.15) is 31.0 Å². The number of likely N-dealkylation sites (tertiary alicyclic amines) is 1. The van der Waals surface area contributed by atoms with E-state index in [2.05, 4.69) is 15.4 Å². The number of anilines is 1. The number of benzene rings is 1. The molecule has 8 heteroatoms. The maximum absolute atomic E-state index is 13.0. The second kappa shape index (κ2) is 10.3. The summed E-state index contributed by atoms with van der Waals surface area (Å²) in [5.41, 5.74) is 1.52. The van der Waals surface area contributed by atoms with E-state index in [0.717, 1.165) is 36.4 Å². The van der Waals surface area contributed by atoms with Crippen LogP contribution in [0.4, 0.5) is 5.69 Å². The lowest BCUT2D eigenvalue weighted by atomic mass is 9.98. The molecule has 4 rings (SSSR count). The van der Waals surface area contributed by atoms with Crippen molar-refractivity contribution in [1.29, 1.82) is 0 Å². The van der Waals surface area contributed by atoms with Crippen molar-refractivity contribution >= 4 is 29.3 Å². The summed E-state index contributed by atoms with van der Waals surface area (Å²) in [6.45, 7) is 0.861. The molecule has 31 heavy (non-hydrogen) atoms. The Kier molecular flexibility index (Phi) is 6.99. The molecule has 2 amide bonds. The molecule has 0 saturated carbocycles. The number of thioether (sulfide) groups is 1. The molecular formula is C23H25N5O2S. The first kappa shape index (κ1) is 21.1. The molecule has 0 spiro atoms. The fourth-order valence-electron chi connectivity index (χ4n) is 3.72. The van der Waals surface area contributed by atoms with Crippen LogP contribution in [-0.2, 0) is 16.1 Å². The number of rotatable bonds is 7. The first-order chi connectivity index (χ1) is 15.2. The third-order valence-electron chi connectivity index (χ3n) is 5.18. The van der Waals surface area contributed by atoms with Crippen molar-refractivity contribution in [3.05, 3.63) is 72.8 Å². The largest absolute Gasteiger partial charge is 0.332 e.